The van der Waals surface area contributed by atoms with Crippen LogP contribution in [0.15, 0.2) is 89.0 Å². The van der Waals surface area contributed by atoms with E-state index in [-0.39, 0.29) is 28.7 Å². The van der Waals surface area contributed by atoms with Gasteiger partial charge in [-0.1, -0.05) is 18.2 Å². The number of pyridine rings is 1. The Morgan fingerprint density at radius 3 is 2.74 bits per heavy atom. The third kappa shape index (κ3) is 5.73. The minimum Gasteiger partial charge on any atom is -0.451 e. The topological polar surface area (TPSA) is 122 Å². The number of rotatable bonds is 8. The number of hydrogen-bond donors (Lipinski definition) is 1. The van der Waals surface area contributed by atoms with E-state index >= 15 is 0 Å². The van der Waals surface area contributed by atoms with E-state index in [1.807, 2.05) is 0 Å². The lowest BCUT2D eigenvalue weighted by molar-refractivity contribution is -0.122. The van der Waals surface area contributed by atoms with Crippen molar-refractivity contribution < 1.29 is 26.8 Å². The molecule has 200 valence electrons. The molecule has 0 spiro atoms. The lowest BCUT2D eigenvalue weighted by Gasteiger charge is -2.31. The molecule has 5 rings (SSSR count). The first-order valence-corrected chi connectivity index (χ1v) is 14.0. The van der Waals surface area contributed by atoms with Gasteiger partial charge < -0.3 is 9.73 Å². The summed E-state index contributed by atoms with van der Waals surface area (Å²) in [5.41, 5.74) is 2.02. The largest absolute Gasteiger partial charge is 0.451 e. The molecule has 0 aliphatic carbocycles. The molecule has 2 aromatic heterocycles. The first kappa shape index (κ1) is 26.2. The number of amides is 2. The van der Waals surface area contributed by atoms with Crippen molar-refractivity contribution in [1.29, 1.82) is 0 Å². The highest BCUT2D eigenvalue weighted by Gasteiger charge is 2.35. The molecule has 4 aromatic rings. The average molecular weight is 549 g/mol. The summed E-state index contributed by atoms with van der Waals surface area (Å²) >= 11 is 0. The highest BCUT2D eigenvalue weighted by molar-refractivity contribution is 7.91. The molecule has 11 heteroatoms. The quantitative estimate of drug-likeness (QED) is 0.356. The predicted molar refractivity (Wildman–Crippen MR) is 140 cm³/mol. The number of carbonyl (C=O) groups is 2. The SMILES string of the molecule is O=C(NCCc1cccc(F)c1)C(c1cccnc1)N(C(=O)c1cocn1)c1ccc2c(c1)CCCS2(=O)=O. The fourth-order valence-corrected chi connectivity index (χ4v) is 6.26. The van der Waals surface area contributed by atoms with Crippen molar-refractivity contribution >= 4 is 27.3 Å². The van der Waals surface area contributed by atoms with Crippen LogP contribution in [0.1, 0.15) is 39.6 Å². The number of nitrogens with zero attached hydrogens (tertiary/aromatic N) is 3. The summed E-state index contributed by atoms with van der Waals surface area (Å²) < 4.78 is 43.8. The van der Waals surface area contributed by atoms with E-state index in [1.54, 1.807) is 36.5 Å². The zero-order chi connectivity index (χ0) is 27.4. The lowest BCUT2D eigenvalue weighted by atomic mass is 10.0. The third-order valence-corrected chi connectivity index (χ3v) is 8.39. The number of fused-ring (bicyclic) bond motifs is 1. The van der Waals surface area contributed by atoms with E-state index in [1.165, 1.54) is 41.6 Å². The second kappa shape index (κ2) is 11.2. The summed E-state index contributed by atoms with van der Waals surface area (Å²) in [6.45, 7) is 0.188. The van der Waals surface area contributed by atoms with Crippen LogP contribution < -0.4 is 10.2 Å². The summed E-state index contributed by atoms with van der Waals surface area (Å²) in [5, 5.41) is 2.85. The highest BCUT2D eigenvalue weighted by atomic mass is 32.2. The maximum atomic E-state index is 13.8. The number of carbonyl (C=O) groups excluding carboxylic acids is 2. The number of sulfone groups is 1. The number of hydrogen-bond acceptors (Lipinski definition) is 7. The monoisotopic (exact) mass is 548 g/mol. The van der Waals surface area contributed by atoms with Crippen molar-refractivity contribution in [3.8, 4) is 0 Å². The van der Waals surface area contributed by atoms with Crippen LogP contribution in [0.4, 0.5) is 10.1 Å². The number of aryl methyl sites for hydroxylation is 1. The van der Waals surface area contributed by atoms with Gasteiger partial charge in [-0.05, 0) is 66.8 Å². The number of aromatic nitrogens is 2. The summed E-state index contributed by atoms with van der Waals surface area (Å²) in [6, 6.07) is 12.9. The molecule has 0 radical (unpaired) electrons. The maximum absolute atomic E-state index is 13.8. The lowest BCUT2D eigenvalue weighted by Crippen LogP contribution is -2.44. The van der Waals surface area contributed by atoms with E-state index in [9.17, 15) is 22.4 Å². The zero-order valence-corrected chi connectivity index (χ0v) is 21.6. The number of benzene rings is 2. The smallest absolute Gasteiger partial charge is 0.281 e. The normalized spacial score (nSPS) is 14.7. The second-order valence-electron chi connectivity index (χ2n) is 9.12. The molecule has 1 N–H and O–H groups in total. The Morgan fingerprint density at radius 1 is 1.13 bits per heavy atom. The van der Waals surface area contributed by atoms with Gasteiger partial charge in [-0.2, -0.15) is 0 Å². The van der Waals surface area contributed by atoms with Gasteiger partial charge in [-0.15, -0.1) is 0 Å². The van der Waals surface area contributed by atoms with Crippen molar-refractivity contribution in [2.24, 2.45) is 0 Å². The Labute approximate surface area is 224 Å². The zero-order valence-electron chi connectivity index (χ0n) is 20.8. The number of nitrogens with one attached hydrogen (secondary N) is 1. The van der Waals surface area contributed by atoms with E-state index in [4.69, 9.17) is 4.42 Å². The average Bonchev–Trinajstić information content (AvgIpc) is 3.47. The van der Waals surface area contributed by atoms with E-state index in [0.717, 1.165) is 6.39 Å². The third-order valence-electron chi connectivity index (χ3n) is 6.50. The van der Waals surface area contributed by atoms with Gasteiger partial charge in [0, 0.05) is 30.2 Å². The van der Waals surface area contributed by atoms with Crippen molar-refractivity contribution in [3.63, 3.8) is 0 Å². The first-order chi connectivity index (χ1) is 18.8. The minimum absolute atomic E-state index is 0.0261. The molecule has 0 bridgehead atoms. The van der Waals surface area contributed by atoms with Crippen LogP contribution in [0, 0.1) is 5.82 Å². The molecule has 1 atom stereocenters. The Hall–Kier alpha value is -4.38. The molecule has 0 fully saturated rings. The van der Waals surface area contributed by atoms with Gasteiger partial charge in [0.2, 0.25) is 5.91 Å². The molecule has 0 saturated carbocycles. The van der Waals surface area contributed by atoms with Crippen molar-refractivity contribution in [2.45, 2.75) is 30.2 Å². The molecule has 2 amide bonds. The van der Waals surface area contributed by atoms with Gasteiger partial charge >= 0.3 is 0 Å². The minimum atomic E-state index is -3.42. The summed E-state index contributed by atoms with van der Waals surface area (Å²) in [4.78, 5) is 37.2. The Morgan fingerprint density at radius 2 is 2.00 bits per heavy atom. The van der Waals surface area contributed by atoms with E-state index in [0.29, 0.717) is 41.6 Å². The van der Waals surface area contributed by atoms with Gasteiger partial charge in [0.25, 0.3) is 5.91 Å². The van der Waals surface area contributed by atoms with Crippen LogP contribution in [-0.2, 0) is 27.5 Å². The van der Waals surface area contributed by atoms with Crippen LogP contribution in [0.3, 0.4) is 0 Å². The van der Waals surface area contributed by atoms with Gasteiger partial charge in [-0.3, -0.25) is 19.5 Å². The van der Waals surface area contributed by atoms with Gasteiger partial charge in [0.1, 0.15) is 18.1 Å². The highest BCUT2D eigenvalue weighted by Crippen LogP contribution is 2.34. The summed E-state index contributed by atoms with van der Waals surface area (Å²) in [7, 11) is -3.42. The van der Waals surface area contributed by atoms with E-state index in [2.05, 4.69) is 15.3 Å². The van der Waals surface area contributed by atoms with Gasteiger partial charge in [0.15, 0.2) is 21.9 Å². The molecule has 1 aliphatic rings. The van der Waals surface area contributed by atoms with Crippen molar-refractivity contribution in [1.82, 2.24) is 15.3 Å². The molecular weight excluding hydrogens is 523 g/mol. The fraction of sp³-hybridized carbons (Fsp3) is 0.214. The molecular formula is C28H25FN4O5S. The van der Waals surface area contributed by atoms with E-state index < -0.39 is 27.7 Å². The number of anilines is 1. The molecule has 9 nitrogen and oxygen atoms in total. The first-order valence-electron chi connectivity index (χ1n) is 12.3. The van der Waals surface area contributed by atoms with Crippen LogP contribution in [0.5, 0.6) is 0 Å². The summed E-state index contributed by atoms with van der Waals surface area (Å²) in [6.07, 6.45) is 6.69. The molecule has 1 unspecified atom stereocenters. The fourth-order valence-electron chi connectivity index (χ4n) is 4.68. The molecule has 3 heterocycles. The standard InChI is InChI=1S/C28H25FN4O5S/c29-22-7-1-4-19(14-22)10-12-31-27(34)26(21-5-2-11-30-16-21)33(28(35)24-17-38-18-32-24)23-8-9-25-20(15-23)6-3-13-39(25,36)37/h1-2,4-5,7-9,11,14-18,26H,3,6,10,12-13H2,(H,31,34). The van der Waals surface area contributed by atoms with Crippen LogP contribution in [0.25, 0.3) is 0 Å². The second-order valence-corrected chi connectivity index (χ2v) is 11.2. The molecule has 39 heavy (non-hydrogen) atoms. The van der Waals surface area contributed by atoms with Gasteiger partial charge in [-0.25, -0.2) is 17.8 Å². The molecule has 0 saturated heterocycles. The predicted octanol–water partition coefficient (Wildman–Crippen LogP) is 3.68. The van der Waals surface area contributed by atoms with Crippen molar-refractivity contribution in [2.75, 3.05) is 17.2 Å². The Bertz CT molecular complexity index is 1590. The van der Waals surface area contributed by atoms with Crippen LogP contribution >= 0.6 is 0 Å². The molecule has 2 aromatic carbocycles. The summed E-state index contributed by atoms with van der Waals surface area (Å²) in [5.74, 6) is -1.42. The number of oxazole rings is 1. The Kier molecular flexibility index (Phi) is 7.51. The van der Waals surface area contributed by atoms with Gasteiger partial charge in [0.05, 0.1) is 10.6 Å². The van der Waals surface area contributed by atoms with Crippen molar-refractivity contribution in [3.05, 3.63) is 108 Å². The number of halogens is 1. The molecule has 1 aliphatic heterocycles. The maximum Gasteiger partial charge on any atom is 0.281 e. The van der Waals surface area contributed by atoms with Crippen LogP contribution in [0.2, 0.25) is 0 Å². The Balaban J connectivity index is 1.54. The van der Waals surface area contributed by atoms with Crippen LogP contribution in [-0.4, -0.2) is 42.5 Å².